The lowest BCUT2D eigenvalue weighted by atomic mass is 10.2. The number of carbonyl (C=O) groups is 1. The first kappa shape index (κ1) is 17.1. The van der Waals surface area contributed by atoms with Gasteiger partial charge >= 0.3 is 5.69 Å². The summed E-state index contributed by atoms with van der Waals surface area (Å²) in [7, 11) is 0. The molecule has 1 N–H and O–H groups in total. The molecule has 130 valence electrons. The van der Waals surface area contributed by atoms with Crippen LogP contribution in [0.4, 0.5) is 5.69 Å². The molecular formula is C19H15N3O4. The number of pyridine rings is 1. The number of rotatable bonds is 6. The summed E-state index contributed by atoms with van der Waals surface area (Å²) in [6.45, 7) is 0.399. The van der Waals surface area contributed by atoms with Crippen LogP contribution in [-0.2, 0) is 6.54 Å². The number of hydrogen-bond acceptors (Lipinski definition) is 5. The maximum Gasteiger partial charge on any atom is 0.331 e. The highest BCUT2D eigenvalue weighted by Crippen LogP contribution is 2.28. The minimum absolute atomic E-state index is 0.126. The molecule has 0 atom stereocenters. The summed E-state index contributed by atoms with van der Waals surface area (Å²) >= 11 is 0. The Morgan fingerprint density at radius 2 is 1.88 bits per heavy atom. The van der Waals surface area contributed by atoms with E-state index in [1.807, 2.05) is 30.3 Å². The van der Waals surface area contributed by atoms with Gasteiger partial charge in [-0.25, -0.2) is 4.98 Å². The summed E-state index contributed by atoms with van der Waals surface area (Å²) in [5.74, 6) is -0.103. The van der Waals surface area contributed by atoms with Gasteiger partial charge in [0.05, 0.1) is 4.92 Å². The van der Waals surface area contributed by atoms with Crippen molar-refractivity contribution in [2.24, 2.45) is 0 Å². The van der Waals surface area contributed by atoms with Gasteiger partial charge in [0.1, 0.15) is 5.75 Å². The van der Waals surface area contributed by atoms with Crippen LogP contribution in [0.1, 0.15) is 15.9 Å². The van der Waals surface area contributed by atoms with E-state index in [2.05, 4.69) is 10.3 Å². The maximum absolute atomic E-state index is 12.3. The summed E-state index contributed by atoms with van der Waals surface area (Å²) in [5.41, 5.74) is 1.13. The topological polar surface area (TPSA) is 94.4 Å². The van der Waals surface area contributed by atoms with Crippen LogP contribution in [0.5, 0.6) is 11.6 Å². The number of ether oxygens (including phenoxy) is 1. The van der Waals surface area contributed by atoms with Gasteiger partial charge in [-0.1, -0.05) is 36.4 Å². The Labute approximate surface area is 149 Å². The van der Waals surface area contributed by atoms with E-state index in [9.17, 15) is 14.9 Å². The van der Waals surface area contributed by atoms with Crippen molar-refractivity contribution in [3.63, 3.8) is 0 Å². The van der Waals surface area contributed by atoms with Gasteiger partial charge in [0.2, 0.25) is 0 Å². The third-order valence-corrected chi connectivity index (χ3v) is 3.55. The summed E-state index contributed by atoms with van der Waals surface area (Å²) in [6, 6.07) is 18.7. The molecule has 26 heavy (non-hydrogen) atoms. The van der Waals surface area contributed by atoms with Gasteiger partial charge in [0, 0.05) is 24.4 Å². The summed E-state index contributed by atoms with van der Waals surface area (Å²) < 4.78 is 5.49. The van der Waals surface area contributed by atoms with Crippen molar-refractivity contribution in [1.82, 2.24) is 10.3 Å². The summed E-state index contributed by atoms with van der Waals surface area (Å²) in [6.07, 6.45) is 1.40. The van der Waals surface area contributed by atoms with Crippen LogP contribution >= 0.6 is 0 Å². The van der Waals surface area contributed by atoms with Gasteiger partial charge in [0.25, 0.3) is 11.8 Å². The number of amides is 1. The Hall–Kier alpha value is -3.74. The summed E-state index contributed by atoms with van der Waals surface area (Å²) in [4.78, 5) is 26.6. The number of carbonyl (C=O) groups excluding carboxylic acids is 1. The van der Waals surface area contributed by atoms with Crippen LogP contribution in [-0.4, -0.2) is 15.8 Å². The van der Waals surface area contributed by atoms with Crippen molar-refractivity contribution in [2.45, 2.75) is 6.54 Å². The standard InChI is InChI=1S/C19H15N3O4/c23-18(21-13-14-6-2-1-3-7-14)15-8-4-9-16(12-15)26-19-17(22(24)25)10-5-11-20-19/h1-12H,13H2,(H,21,23). The van der Waals surface area contributed by atoms with Crippen molar-refractivity contribution in [1.29, 1.82) is 0 Å². The third kappa shape index (κ3) is 4.21. The molecule has 2 aromatic carbocycles. The molecule has 0 aliphatic carbocycles. The highest BCUT2D eigenvalue weighted by atomic mass is 16.6. The van der Waals surface area contributed by atoms with E-state index in [-0.39, 0.29) is 17.5 Å². The van der Waals surface area contributed by atoms with Gasteiger partial charge in [-0.3, -0.25) is 14.9 Å². The molecule has 0 fully saturated rings. The predicted molar refractivity (Wildman–Crippen MR) is 95.0 cm³/mol. The van der Waals surface area contributed by atoms with Crippen LogP contribution in [0.15, 0.2) is 72.9 Å². The second-order valence-corrected chi connectivity index (χ2v) is 5.38. The fraction of sp³-hybridized carbons (Fsp3) is 0.0526. The van der Waals surface area contributed by atoms with E-state index in [1.165, 1.54) is 24.4 Å². The Morgan fingerprint density at radius 3 is 2.65 bits per heavy atom. The number of nitro groups is 1. The van der Waals surface area contributed by atoms with Crippen molar-refractivity contribution >= 4 is 11.6 Å². The van der Waals surface area contributed by atoms with Crippen molar-refractivity contribution < 1.29 is 14.5 Å². The SMILES string of the molecule is O=C(NCc1ccccc1)c1cccc(Oc2ncccc2[N+](=O)[O-])c1. The van der Waals surface area contributed by atoms with Gasteiger partial charge in [-0.2, -0.15) is 0 Å². The van der Waals surface area contributed by atoms with E-state index in [4.69, 9.17) is 4.74 Å². The average Bonchev–Trinajstić information content (AvgIpc) is 2.67. The molecule has 7 nitrogen and oxygen atoms in total. The first-order valence-corrected chi connectivity index (χ1v) is 7.83. The molecule has 1 amide bonds. The van der Waals surface area contributed by atoms with E-state index in [1.54, 1.807) is 18.2 Å². The lowest BCUT2D eigenvalue weighted by molar-refractivity contribution is -0.386. The molecule has 7 heteroatoms. The van der Waals surface area contributed by atoms with Crippen LogP contribution in [0.2, 0.25) is 0 Å². The fourth-order valence-electron chi connectivity index (χ4n) is 2.29. The second-order valence-electron chi connectivity index (χ2n) is 5.38. The molecule has 0 saturated heterocycles. The van der Waals surface area contributed by atoms with E-state index < -0.39 is 4.92 Å². The Bertz CT molecular complexity index is 929. The van der Waals surface area contributed by atoms with Gasteiger partial charge in [0.15, 0.2) is 0 Å². The van der Waals surface area contributed by atoms with Gasteiger partial charge < -0.3 is 10.1 Å². The number of nitrogens with zero attached hydrogens (tertiary/aromatic N) is 2. The van der Waals surface area contributed by atoms with Crippen molar-refractivity contribution in [3.05, 3.63) is 94.2 Å². The third-order valence-electron chi connectivity index (χ3n) is 3.55. The lowest BCUT2D eigenvalue weighted by Gasteiger charge is -2.08. The Kier molecular flexibility index (Phi) is 5.19. The second kappa shape index (κ2) is 7.89. The van der Waals surface area contributed by atoms with E-state index in [0.717, 1.165) is 5.56 Å². The monoisotopic (exact) mass is 349 g/mol. The normalized spacial score (nSPS) is 10.2. The first-order valence-electron chi connectivity index (χ1n) is 7.83. The van der Waals surface area contributed by atoms with Crippen molar-refractivity contribution in [3.8, 4) is 11.6 Å². The molecule has 1 aromatic heterocycles. The number of aromatic nitrogens is 1. The number of hydrogen-bond donors (Lipinski definition) is 1. The number of benzene rings is 2. The lowest BCUT2D eigenvalue weighted by Crippen LogP contribution is -2.22. The van der Waals surface area contributed by atoms with Crippen LogP contribution in [0.25, 0.3) is 0 Å². The van der Waals surface area contributed by atoms with Crippen LogP contribution in [0.3, 0.4) is 0 Å². The zero-order valence-electron chi connectivity index (χ0n) is 13.7. The first-order chi connectivity index (χ1) is 12.6. The molecule has 0 radical (unpaired) electrons. The molecular weight excluding hydrogens is 334 g/mol. The molecule has 1 heterocycles. The molecule has 3 rings (SSSR count). The highest BCUT2D eigenvalue weighted by molar-refractivity contribution is 5.94. The Morgan fingerprint density at radius 1 is 1.08 bits per heavy atom. The van der Waals surface area contributed by atoms with Crippen LogP contribution < -0.4 is 10.1 Å². The van der Waals surface area contributed by atoms with E-state index >= 15 is 0 Å². The molecule has 0 spiro atoms. The smallest absolute Gasteiger partial charge is 0.331 e. The quantitative estimate of drug-likeness (QED) is 0.541. The van der Waals surface area contributed by atoms with E-state index in [0.29, 0.717) is 17.9 Å². The highest BCUT2D eigenvalue weighted by Gasteiger charge is 2.17. The van der Waals surface area contributed by atoms with Gasteiger partial charge in [-0.05, 0) is 29.8 Å². The maximum atomic E-state index is 12.3. The largest absolute Gasteiger partial charge is 0.434 e. The molecule has 0 saturated carbocycles. The van der Waals surface area contributed by atoms with Crippen LogP contribution in [0, 0.1) is 10.1 Å². The fourth-order valence-corrected chi connectivity index (χ4v) is 2.29. The minimum atomic E-state index is -0.571. The predicted octanol–water partition coefficient (Wildman–Crippen LogP) is 3.71. The molecule has 3 aromatic rings. The molecule has 0 aliphatic heterocycles. The Balaban J connectivity index is 1.72. The summed E-state index contributed by atoms with van der Waals surface area (Å²) in [5, 5.41) is 13.8. The number of nitrogens with one attached hydrogen (secondary N) is 1. The zero-order chi connectivity index (χ0) is 18.4. The molecule has 0 bridgehead atoms. The molecule has 0 aliphatic rings. The van der Waals surface area contributed by atoms with Gasteiger partial charge in [-0.15, -0.1) is 0 Å². The zero-order valence-corrected chi connectivity index (χ0v) is 13.7. The minimum Gasteiger partial charge on any atom is -0.434 e. The molecule has 0 unspecified atom stereocenters. The van der Waals surface area contributed by atoms with Crippen molar-refractivity contribution in [2.75, 3.05) is 0 Å². The average molecular weight is 349 g/mol.